The number of hydrogen-bond acceptors (Lipinski definition) is 5. The van der Waals surface area contributed by atoms with Gasteiger partial charge in [-0.25, -0.2) is 0 Å². The molecule has 1 aliphatic heterocycles. The molecule has 1 unspecified atom stereocenters. The molecular formula is C14H19N5O. The van der Waals surface area contributed by atoms with Gasteiger partial charge in [-0.15, -0.1) is 10.2 Å². The van der Waals surface area contributed by atoms with Crippen molar-refractivity contribution in [3.05, 3.63) is 35.2 Å². The first-order chi connectivity index (χ1) is 9.76. The second-order valence-electron chi connectivity index (χ2n) is 4.98. The van der Waals surface area contributed by atoms with Crippen LogP contribution in [0.4, 0.5) is 0 Å². The lowest BCUT2D eigenvalue weighted by molar-refractivity contribution is 0.356. The fourth-order valence-electron chi connectivity index (χ4n) is 2.57. The van der Waals surface area contributed by atoms with Crippen LogP contribution in [0.5, 0.6) is 5.75 Å². The SMILES string of the molecule is CCNC(Cc1nnn(C)n1)c1ccc2c(c1)CCO2. The van der Waals surface area contributed by atoms with Crippen LogP contribution in [0, 0.1) is 0 Å². The fourth-order valence-corrected chi connectivity index (χ4v) is 2.57. The molecule has 0 saturated carbocycles. The highest BCUT2D eigenvalue weighted by Gasteiger charge is 2.18. The number of fused-ring (bicyclic) bond motifs is 1. The molecule has 6 heteroatoms. The third kappa shape index (κ3) is 2.65. The molecule has 0 fully saturated rings. The second kappa shape index (κ2) is 5.58. The maximum absolute atomic E-state index is 5.56. The van der Waals surface area contributed by atoms with Gasteiger partial charge in [-0.1, -0.05) is 19.1 Å². The maximum Gasteiger partial charge on any atom is 0.176 e. The van der Waals surface area contributed by atoms with Crippen molar-refractivity contribution in [1.82, 2.24) is 25.5 Å². The zero-order valence-corrected chi connectivity index (χ0v) is 11.8. The van der Waals surface area contributed by atoms with Gasteiger partial charge in [-0.05, 0) is 29.0 Å². The minimum Gasteiger partial charge on any atom is -0.493 e. The first-order valence-corrected chi connectivity index (χ1v) is 6.98. The Balaban J connectivity index is 1.82. The van der Waals surface area contributed by atoms with Crippen LogP contribution in [0.15, 0.2) is 18.2 Å². The number of tetrazole rings is 1. The van der Waals surface area contributed by atoms with Crippen LogP contribution in [0.2, 0.25) is 0 Å². The number of rotatable bonds is 5. The molecule has 1 atom stereocenters. The molecule has 0 amide bonds. The summed E-state index contributed by atoms with van der Waals surface area (Å²) in [5.74, 6) is 1.77. The summed E-state index contributed by atoms with van der Waals surface area (Å²) in [6.07, 6.45) is 1.73. The van der Waals surface area contributed by atoms with E-state index in [1.165, 1.54) is 15.9 Å². The molecule has 0 bridgehead atoms. The summed E-state index contributed by atoms with van der Waals surface area (Å²) < 4.78 is 5.56. The molecule has 1 aliphatic rings. The van der Waals surface area contributed by atoms with E-state index >= 15 is 0 Å². The highest BCUT2D eigenvalue weighted by Crippen LogP contribution is 2.28. The third-order valence-corrected chi connectivity index (χ3v) is 3.50. The van der Waals surface area contributed by atoms with Crippen molar-refractivity contribution in [1.29, 1.82) is 0 Å². The van der Waals surface area contributed by atoms with Crippen LogP contribution in [0.25, 0.3) is 0 Å². The van der Waals surface area contributed by atoms with E-state index in [-0.39, 0.29) is 6.04 Å². The standard InChI is InChI=1S/C14H19N5O/c1-3-15-12(9-14-16-18-19(2)17-14)10-4-5-13-11(8-10)6-7-20-13/h4-5,8,12,15H,3,6-7,9H2,1-2H3. The molecule has 1 N–H and O–H groups in total. The third-order valence-electron chi connectivity index (χ3n) is 3.50. The molecule has 106 valence electrons. The predicted molar refractivity (Wildman–Crippen MR) is 74.6 cm³/mol. The van der Waals surface area contributed by atoms with Gasteiger partial charge in [-0.2, -0.15) is 4.80 Å². The van der Waals surface area contributed by atoms with Crippen LogP contribution in [0.1, 0.15) is 29.9 Å². The molecule has 2 aromatic rings. The summed E-state index contributed by atoms with van der Waals surface area (Å²) in [5.41, 5.74) is 2.54. The molecular weight excluding hydrogens is 254 g/mol. The predicted octanol–water partition coefficient (Wildman–Crippen LogP) is 1.04. The molecule has 0 aliphatic carbocycles. The van der Waals surface area contributed by atoms with Gasteiger partial charge in [-0.3, -0.25) is 0 Å². The van der Waals surface area contributed by atoms with Crippen molar-refractivity contribution >= 4 is 0 Å². The molecule has 1 aromatic heterocycles. The van der Waals surface area contributed by atoms with Gasteiger partial charge in [0.05, 0.1) is 13.7 Å². The Morgan fingerprint density at radius 3 is 3.10 bits per heavy atom. The topological polar surface area (TPSA) is 64.9 Å². The van der Waals surface area contributed by atoms with Crippen LogP contribution in [-0.4, -0.2) is 33.4 Å². The number of likely N-dealkylation sites (N-methyl/N-ethyl adjacent to an activating group) is 1. The van der Waals surface area contributed by atoms with Crippen molar-refractivity contribution in [3.8, 4) is 5.75 Å². The summed E-state index contributed by atoms with van der Waals surface area (Å²) in [7, 11) is 1.78. The number of nitrogens with one attached hydrogen (secondary N) is 1. The quantitative estimate of drug-likeness (QED) is 0.881. The summed E-state index contributed by atoms with van der Waals surface area (Å²) in [6, 6.07) is 6.61. The summed E-state index contributed by atoms with van der Waals surface area (Å²) in [4.78, 5) is 1.49. The normalized spacial score (nSPS) is 14.9. The van der Waals surface area contributed by atoms with Crippen LogP contribution < -0.4 is 10.1 Å². The molecule has 0 radical (unpaired) electrons. The largest absolute Gasteiger partial charge is 0.493 e. The van der Waals surface area contributed by atoms with E-state index in [1.807, 2.05) is 0 Å². The minimum absolute atomic E-state index is 0.204. The van der Waals surface area contributed by atoms with Gasteiger partial charge in [0.25, 0.3) is 0 Å². The lowest BCUT2D eigenvalue weighted by Crippen LogP contribution is -2.23. The van der Waals surface area contributed by atoms with Gasteiger partial charge in [0, 0.05) is 18.9 Å². The highest BCUT2D eigenvalue weighted by atomic mass is 16.5. The molecule has 2 heterocycles. The van der Waals surface area contributed by atoms with E-state index < -0.39 is 0 Å². The molecule has 20 heavy (non-hydrogen) atoms. The lowest BCUT2D eigenvalue weighted by Gasteiger charge is -2.17. The summed E-state index contributed by atoms with van der Waals surface area (Å²) in [6.45, 7) is 3.79. The summed E-state index contributed by atoms with van der Waals surface area (Å²) >= 11 is 0. The van der Waals surface area contributed by atoms with E-state index in [0.717, 1.165) is 37.6 Å². The number of aryl methyl sites for hydroxylation is 1. The van der Waals surface area contributed by atoms with Crippen molar-refractivity contribution < 1.29 is 4.74 Å². The van der Waals surface area contributed by atoms with Gasteiger partial charge in [0.2, 0.25) is 0 Å². The first kappa shape index (κ1) is 13.1. The number of benzene rings is 1. The van der Waals surface area contributed by atoms with Crippen molar-refractivity contribution in [2.24, 2.45) is 7.05 Å². The zero-order chi connectivity index (χ0) is 13.9. The van der Waals surface area contributed by atoms with E-state index in [4.69, 9.17) is 4.74 Å². The molecule has 1 aromatic carbocycles. The smallest absolute Gasteiger partial charge is 0.176 e. The van der Waals surface area contributed by atoms with Crippen molar-refractivity contribution in [3.63, 3.8) is 0 Å². The minimum atomic E-state index is 0.204. The van der Waals surface area contributed by atoms with Gasteiger partial charge < -0.3 is 10.1 Å². The Morgan fingerprint density at radius 2 is 2.35 bits per heavy atom. The Labute approximate surface area is 118 Å². The number of aromatic nitrogens is 4. The van der Waals surface area contributed by atoms with E-state index in [2.05, 4.69) is 45.9 Å². The van der Waals surface area contributed by atoms with Crippen LogP contribution in [0.3, 0.4) is 0 Å². The van der Waals surface area contributed by atoms with Crippen LogP contribution in [-0.2, 0) is 19.9 Å². The van der Waals surface area contributed by atoms with Gasteiger partial charge in [0.1, 0.15) is 5.75 Å². The highest BCUT2D eigenvalue weighted by molar-refractivity contribution is 5.41. The Morgan fingerprint density at radius 1 is 1.45 bits per heavy atom. The average molecular weight is 273 g/mol. The van der Waals surface area contributed by atoms with E-state index in [1.54, 1.807) is 7.05 Å². The average Bonchev–Trinajstić information content (AvgIpc) is 3.06. The second-order valence-corrected chi connectivity index (χ2v) is 4.98. The van der Waals surface area contributed by atoms with Crippen LogP contribution >= 0.6 is 0 Å². The van der Waals surface area contributed by atoms with Gasteiger partial charge >= 0.3 is 0 Å². The summed E-state index contributed by atoms with van der Waals surface area (Å²) in [5, 5.41) is 15.7. The van der Waals surface area contributed by atoms with Gasteiger partial charge in [0.15, 0.2) is 5.82 Å². The zero-order valence-electron chi connectivity index (χ0n) is 11.8. The molecule has 0 saturated heterocycles. The van der Waals surface area contributed by atoms with E-state index in [9.17, 15) is 0 Å². The first-order valence-electron chi connectivity index (χ1n) is 6.98. The number of hydrogen-bond donors (Lipinski definition) is 1. The number of nitrogens with zero attached hydrogens (tertiary/aromatic N) is 4. The number of ether oxygens (including phenoxy) is 1. The molecule has 3 rings (SSSR count). The van der Waals surface area contributed by atoms with Crippen molar-refractivity contribution in [2.75, 3.05) is 13.2 Å². The Hall–Kier alpha value is -1.95. The lowest BCUT2D eigenvalue weighted by atomic mass is 10.00. The Bertz CT molecular complexity index is 595. The fraction of sp³-hybridized carbons (Fsp3) is 0.500. The molecule has 0 spiro atoms. The van der Waals surface area contributed by atoms with Crippen molar-refractivity contribution in [2.45, 2.75) is 25.8 Å². The Kier molecular flexibility index (Phi) is 3.64. The molecule has 6 nitrogen and oxygen atoms in total. The maximum atomic E-state index is 5.56. The monoisotopic (exact) mass is 273 g/mol. The van der Waals surface area contributed by atoms with E-state index in [0.29, 0.717) is 0 Å².